The molecule has 0 spiro atoms. The molecule has 0 fully saturated rings. The maximum atomic E-state index is 12.2. The van der Waals surface area contributed by atoms with Crippen molar-refractivity contribution in [2.75, 3.05) is 6.61 Å². The molecule has 0 aliphatic carbocycles. The standard InChI is InChI=1S/C28H29N3O3/c1-5-34-27(33)19-11-13-21-23(16-19)31-26(32)24(21)25(18-9-7-6-8-10-18)30-20-12-14-22(17(2)15-20)28(3,4)29/h6-16,31-32H,5,29H2,1-4H3. The van der Waals surface area contributed by atoms with Crippen molar-refractivity contribution in [3.63, 3.8) is 0 Å². The van der Waals surface area contributed by atoms with Crippen molar-refractivity contribution in [3.8, 4) is 5.88 Å². The number of aromatic hydroxyl groups is 1. The Hall–Kier alpha value is -3.90. The van der Waals surface area contributed by atoms with E-state index in [1.165, 1.54) is 0 Å². The van der Waals surface area contributed by atoms with E-state index in [9.17, 15) is 9.90 Å². The molecule has 3 aromatic carbocycles. The van der Waals surface area contributed by atoms with Crippen molar-refractivity contribution in [2.45, 2.75) is 33.2 Å². The molecule has 0 unspecified atom stereocenters. The van der Waals surface area contributed by atoms with Crippen molar-refractivity contribution in [2.24, 2.45) is 10.7 Å². The molecule has 6 nitrogen and oxygen atoms in total. The Morgan fingerprint density at radius 3 is 2.44 bits per heavy atom. The highest BCUT2D eigenvalue weighted by molar-refractivity contribution is 6.22. The molecule has 1 aromatic heterocycles. The number of H-pyrrole nitrogens is 1. The number of aromatic nitrogens is 1. The van der Waals surface area contributed by atoms with E-state index < -0.39 is 11.5 Å². The van der Waals surface area contributed by atoms with Gasteiger partial charge in [-0.25, -0.2) is 9.79 Å². The Balaban J connectivity index is 1.89. The third-order valence-electron chi connectivity index (χ3n) is 5.72. The van der Waals surface area contributed by atoms with Gasteiger partial charge in [0, 0.05) is 22.0 Å². The predicted octanol–water partition coefficient (Wildman–Crippen LogP) is 5.72. The zero-order chi connectivity index (χ0) is 24.5. The second-order valence-electron chi connectivity index (χ2n) is 8.88. The number of fused-ring (bicyclic) bond motifs is 1. The minimum Gasteiger partial charge on any atom is -0.494 e. The largest absolute Gasteiger partial charge is 0.494 e. The summed E-state index contributed by atoms with van der Waals surface area (Å²) in [5.41, 5.74) is 11.8. The smallest absolute Gasteiger partial charge is 0.338 e. The van der Waals surface area contributed by atoms with E-state index in [-0.39, 0.29) is 5.88 Å². The number of benzene rings is 3. The fourth-order valence-electron chi connectivity index (χ4n) is 4.19. The maximum Gasteiger partial charge on any atom is 0.338 e. The fourth-order valence-corrected chi connectivity index (χ4v) is 4.19. The lowest BCUT2D eigenvalue weighted by Crippen LogP contribution is -2.29. The number of carbonyl (C=O) groups excluding carboxylic acids is 1. The SMILES string of the molecule is CCOC(=O)c1ccc2c(C(=Nc3ccc(C(C)(C)N)c(C)c3)c3ccccc3)c(O)[nH]c2c1. The van der Waals surface area contributed by atoms with Crippen LogP contribution in [0.4, 0.5) is 5.69 Å². The van der Waals surface area contributed by atoms with Gasteiger partial charge in [0.1, 0.15) is 0 Å². The molecule has 174 valence electrons. The topological polar surface area (TPSA) is 101 Å². The molecule has 1 heterocycles. The van der Waals surface area contributed by atoms with Gasteiger partial charge < -0.3 is 20.6 Å². The first-order chi connectivity index (χ1) is 16.2. The summed E-state index contributed by atoms with van der Waals surface area (Å²) < 4.78 is 5.11. The number of aryl methyl sites for hydroxylation is 1. The van der Waals surface area contributed by atoms with Gasteiger partial charge in [0.2, 0.25) is 0 Å². The Kier molecular flexibility index (Phi) is 6.26. The summed E-state index contributed by atoms with van der Waals surface area (Å²) in [4.78, 5) is 20.1. The van der Waals surface area contributed by atoms with Gasteiger partial charge in [-0.15, -0.1) is 0 Å². The first-order valence-electron chi connectivity index (χ1n) is 11.3. The lowest BCUT2D eigenvalue weighted by molar-refractivity contribution is 0.0526. The number of nitrogens with one attached hydrogen (secondary N) is 1. The molecule has 34 heavy (non-hydrogen) atoms. The van der Waals surface area contributed by atoms with Crippen LogP contribution in [-0.2, 0) is 10.3 Å². The van der Waals surface area contributed by atoms with Crippen molar-refractivity contribution in [1.82, 2.24) is 4.98 Å². The molecule has 0 radical (unpaired) electrons. The van der Waals surface area contributed by atoms with Crippen LogP contribution in [0, 0.1) is 6.92 Å². The van der Waals surface area contributed by atoms with Crippen molar-refractivity contribution < 1.29 is 14.6 Å². The zero-order valence-corrected chi connectivity index (χ0v) is 19.8. The van der Waals surface area contributed by atoms with Gasteiger partial charge in [-0.2, -0.15) is 0 Å². The number of aromatic amines is 1. The molecular weight excluding hydrogens is 426 g/mol. The molecule has 0 saturated carbocycles. The number of carbonyl (C=O) groups is 1. The number of nitrogens with zero attached hydrogens (tertiary/aromatic N) is 1. The third kappa shape index (κ3) is 4.58. The van der Waals surface area contributed by atoms with Crippen molar-refractivity contribution >= 4 is 28.3 Å². The zero-order valence-electron chi connectivity index (χ0n) is 19.8. The highest BCUT2D eigenvalue weighted by Crippen LogP contribution is 2.33. The van der Waals surface area contributed by atoms with E-state index in [0.29, 0.717) is 29.0 Å². The van der Waals surface area contributed by atoms with Crippen LogP contribution in [0.3, 0.4) is 0 Å². The summed E-state index contributed by atoms with van der Waals surface area (Å²) in [6, 6.07) is 20.8. The number of aliphatic imine (C=N–C) groups is 1. The second-order valence-corrected chi connectivity index (χ2v) is 8.88. The average molecular weight is 456 g/mol. The number of esters is 1. The molecule has 0 saturated heterocycles. The quantitative estimate of drug-likeness (QED) is 0.256. The van der Waals surface area contributed by atoms with Gasteiger partial charge in [0.25, 0.3) is 0 Å². The van der Waals surface area contributed by atoms with E-state index in [4.69, 9.17) is 15.5 Å². The van der Waals surface area contributed by atoms with Gasteiger partial charge in [-0.1, -0.05) is 42.5 Å². The molecule has 4 rings (SSSR count). The summed E-state index contributed by atoms with van der Waals surface area (Å²) >= 11 is 0. The molecule has 0 bridgehead atoms. The van der Waals surface area contributed by atoms with E-state index in [2.05, 4.69) is 4.98 Å². The number of hydrogen-bond donors (Lipinski definition) is 3. The van der Waals surface area contributed by atoms with Gasteiger partial charge in [0.15, 0.2) is 5.88 Å². The Labute approximate surface area is 199 Å². The van der Waals surface area contributed by atoms with E-state index >= 15 is 0 Å². The molecule has 0 aliphatic rings. The Bertz CT molecular complexity index is 1380. The lowest BCUT2D eigenvalue weighted by Gasteiger charge is -2.21. The van der Waals surface area contributed by atoms with Crippen molar-refractivity contribution in [1.29, 1.82) is 0 Å². The average Bonchev–Trinajstić information content (AvgIpc) is 3.12. The maximum absolute atomic E-state index is 12.2. The van der Waals surface area contributed by atoms with Crippen LogP contribution in [0.25, 0.3) is 10.9 Å². The van der Waals surface area contributed by atoms with Crippen LogP contribution < -0.4 is 5.73 Å². The van der Waals surface area contributed by atoms with Crippen LogP contribution in [0.5, 0.6) is 5.88 Å². The molecule has 0 atom stereocenters. The molecular formula is C28H29N3O3. The summed E-state index contributed by atoms with van der Waals surface area (Å²) in [5.74, 6) is -0.426. The van der Waals surface area contributed by atoms with Crippen LogP contribution in [0.15, 0.2) is 71.7 Å². The van der Waals surface area contributed by atoms with Crippen LogP contribution in [0.1, 0.15) is 53.4 Å². The van der Waals surface area contributed by atoms with E-state index in [1.54, 1.807) is 25.1 Å². The van der Waals surface area contributed by atoms with E-state index in [0.717, 1.165) is 27.8 Å². The normalized spacial score (nSPS) is 12.2. The van der Waals surface area contributed by atoms with Crippen LogP contribution in [-0.4, -0.2) is 28.4 Å². The number of nitrogens with two attached hydrogens (primary N) is 1. The van der Waals surface area contributed by atoms with Crippen LogP contribution >= 0.6 is 0 Å². The summed E-state index contributed by atoms with van der Waals surface area (Å²) in [5, 5.41) is 11.7. The Morgan fingerprint density at radius 1 is 1.06 bits per heavy atom. The molecule has 6 heteroatoms. The van der Waals surface area contributed by atoms with Gasteiger partial charge in [-0.05, 0) is 63.1 Å². The first kappa shape index (κ1) is 23.3. The molecule has 0 aliphatic heterocycles. The highest BCUT2D eigenvalue weighted by Gasteiger charge is 2.21. The first-order valence-corrected chi connectivity index (χ1v) is 11.3. The lowest BCUT2D eigenvalue weighted by atomic mass is 9.91. The van der Waals surface area contributed by atoms with E-state index in [1.807, 2.05) is 69.3 Å². The Morgan fingerprint density at radius 2 is 1.79 bits per heavy atom. The minimum absolute atomic E-state index is 0.0185. The van der Waals surface area contributed by atoms with Gasteiger partial charge in [-0.3, -0.25) is 0 Å². The third-order valence-corrected chi connectivity index (χ3v) is 5.72. The highest BCUT2D eigenvalue weighted by atomic mass is 16.5. The fraction of sp³-hybridized carbons (Fsp3) is 0.214. The summed E-state index contributed by atoms with van der Waals surface area (Å²) in [6.45, 7) is 8.03. The number of hydrogen-bond acceptors (Lipinski definition) is 5. The second kappa shape index (κ2) is 9.15. The molecule has 0 amide bonds. The molecule has 4 aromatic rings. The minimum atomic E-state index is -0.458. The summed E-state index contributed by atoms with van der Waals surface area (Å²) in [7, 11) is 0. The number of rotatable bonds is 6. The van der Waals surface area contributed by atoms with Crippen LogP contribution in [0.2, 0.25) is 0 Å². The molecule has 4 N–H and O–H groups in total. The monoisotopic (exact) mass is 455 g/mol. The summed E-state index contributed by atoms with van der Waals surface area (Å²) in [6.07, 6.45) is 0. The van der Waals surface area contributed by atoms with Gasteiger partial charge in [0.05, 0.1) is 29.1 Å². The predicted molar refractivity (Wildman–Crippen MR) is 136 cm³/mol. The van der Waals surface area contributed by atoms with Crippen molar-refractivity contribution in [3.05, 3.63) is 94.5 Å². The number of ether oxygens (including phenoxy) is 1. The van der Waals surface area contributed by atoms with Gasteiger partial charge >= 0.3 is 5.97 Å².